The predicted octanol–water partition coefficient (Wildman–Crippen LogP) is 2.64. The molecule has 0 spiro atoms. The molecule has 2 nitrogen and oxygen atoms in total. The van der Waals surface area contributed by atoms with Gasteiger partial charge in [-0.3, -0.25) is 0 Å². The van der Waals surface area contributed by atoms with Crippen LogP contribution in [0.5, 0.6) is 0 Å². The number of rotatable bonds is 5. The molecule has 0 N–H and O–H groups in total. The fourth-order valence-corrected chi connectivity index (χ4v) is 1.77. The molecule has 0 heterocycles. The standard InChI is InChI=1S/C9H22O2P/c1-7-12(5,6)9(3)11-8(2)10-4/h8-9H,7H2,1-6H3/q+1. The van der Waals surface area contributed by atoms with Gasteiger partial charge < -0.3 is 9.47 Å². The first-order chi connectivity index (χ1) is 5.44. The van der Waals surface area contributed by atoms with Crippen molar-refractivity contribution in [2.45, 2.75) is 32.9 Å². The van der Waals surface area contributed by atoms with Crippen molar-refractivity contribution in [1.29, 1.82) is 0 Å². The van der Waals surface area contributed by atoms with Crippen molar-refractivity contribution >= 4 is 7.26 Å². The molecule has 0 aliphatic heterocycles. The maximum atomic E-state index is 5.68. The van der Waals surface area contributed by atoms with Crippen LogP contribution < -0.4 is 0 Å². The third kappa shape index (κ3) is 3.84. The van der Waals surface area contributed by atoms with Crippen LogP contribution in [0.3, 0.4) is 0 Å². The van der Waals surface area contributed by atoms with E-state index in [9.17, 15) is 0 Å². The van der Waals surface area contributed by atoms with Gasteiger partial charge in [0.05, 0.1) is 19.5 Å². The fraction of sp³-hybridized carbons (Fsp3) is 1.00. The first-order valence-electron chi connectivity index (χ1n) is 4.45. The van der Waals surface area contributed by atoms with Crippen LogP contribution in [0.2, 0.25) is 0 Å². The molecule has 0 aliphatic rings. The average molecular weight is 193 g/mol. The van der Waals surface area contributed by atoms with E-state index in [4.69, 9.17) is 9.47 Å². The summed E-state index contributed by atoms with van der Waals surface area (Å²) >= 11 is 0. The summed E-state index contributed by atoms with van der Waals surface area (Å²) in [6.45, 7) is 10.9. The van der Waals surface area contributed by atoms with Crippen molar-refractivity contribution in [2.24, 2.45) is 0 Å². The minimum absolute atomic E-state index is 0.0779. The van der Waals surface area contributed by atoms with Crippen LogP contribution in [0, 0.1) is 0 Å². The van der Waals surface area contributed by atoms with E-state index in [0.29, 0.717) is 5.85 Å². The molecule has 2 unspecified atom stereocenters. The van der Waals surface area contributed by atoms with Gasteiger partial charge in [0.15, 0.2) is 12.1 Å². The second kappa shape index (κ2) is 5.16. The maximum Gasteiger partial charge on any atom is 0.166 e. The van der Waals surface area contributed by atoms with Gasteiger partial charge >= 0.3 is 0 Å². The zero-order valence-corrected chi connectivity index (χ0v) is 10.0. The van der Waals surface area contributed by atoms with Gasteiger partial charge in [-0.25, -0.2) is 0 Å². The van der Waals surface area contributed by atoms with Crippen LogP contribution in [0.1, 0.15) is 20.8 Å². The largest absolute Gasteiger partial charge is 0.356 e. The quantitative estimate of drug-likeness (QED) is 0.493. The Morgan fingerprint density at radius 1 is 1.25 bits per heavy atom. The summed E-state index contributed by atoms with van der Waals surface area (Å²) in [7, 11) is 0.792. The Balaban J connectivity index is 3.93. The Bertz CT molecular complexity index is 126. The lowest BCUT2D eigenvalue weighted by molar-refractivity contribution is -0.118. The third-order valence-corrected chi connectivity index (χ3v) is 6.24. The molecule has 0 aromatic carbocycles. The van der Waals surface area contributed by atoms with Gasteiger partial charge in [-0.05, 0) is 20.8 Å². The second-order valence-electron chi connectivity index (χ2n) is 3.63. The average Bonchev–Trinajstić information content (AvgIpc) is 2.04. The Morgan fingerprint density at radius 2 is 1.75 bits per heavy atom. The summed E-state index contributed by atoms with van der Waals surface area (Å²) < 4.78 is 10.7. The van der Waals surface area contributed by atoms with Crippen molar-refractivity contribution in [2.75, 3.05) is 26.6 Å². The highest BCUT2D eigenvalue weighted by Crippen LogP contribution is 2.56. The van der Waals surface area contributed by atoms with Crippen LogP contribution in [0.25, 0.3) is 0 Å². The van der Waals surface area contributed by atoms with Gasteiger partial charge in [-0.2, -0.15) is 0 Å². The molecular weight excluding hydrogens is 171 g/mol. The molecule has 0 aromatic rings. The zero-order chi connectivity index (χ0) is 9.78. The Morgan fingerprint density at radius 3 is 2.08 bits per heavy atom. The number of hydrogen-bond donors (Lipinski definition) is 0. The molecular formula is C9H22O2P+. The molecule has 0 amide bonds. The van der Waals surface area contributed by atoms with Gasteiger partial charge in [-0.15, -0.1) is 0 Å². The van der Waals surface area contributed by atoms with Crippen LogP contribution in [-0.2, 0) is 9.47 Å². The van der Waals surface area contributed by atoms with Crippen LogP contribution in [0.4, 0.5) is 0 Å². The molecule has 74 valence electrons. The van der Waals surface area contributed by atoms with E-state index in [0.717, 1.165) is 0 Å². The van der Waals surface area contributed by atoms with E-state index in [1.54, 1.807) is 7.11 Å². The minimum Gasteiger partial charge on any atom is -0.356 e. The van der Waals surface area contributed by atoms with Crippen LogP contribution in [0.15, 0.2) is 0 Å². The summed E-state index contributed by atoms with van der Waals surface area (Å²) in [4.78, 5) is 0. The highest BCUT2D eigenvalue weighted by molar-refractivity contribution is 7.74. The molecule has 12 heavy (non-hydrogen) atoms. The normalized spacial score (nSPS) is 17.5. The molecule has 0 saturated heterocycles. The monoisotopic (exact) mass is 193 g/mol. The van der Waals surface area contributed by atoms with Crippen molar-refractivity contribution in [3.05, 3.63) is 0 Å². The van der Waals surface area contributed by atoms with Crippen molar-refractivity contribution < 1.29 is 9.47 Å². The molecule has 0 fully saturated rings. The first-order valence-corrected chi connectivity index (χ1v) is 7.38. The molecule has 2 atom stereocenters. The summed E-state index contributed by atoms with van der Waals surface area (Å²) in [5, 5.41) is 0. The lowest BCUT2D eigenvalue weighted by Gasteiger charge is -2.26. The predicted molar refractivity (Wildman–Crippen MR) is 56.3 cm³/mol. The Kier molecular flexibility index (Phi) is 5.31. The van der Waals surface area contributed by atoms with E-state index in [1.807, 2.05) is 6.92 Å². The second-order valence-corrected chi connectivity index (χ2v) is 8.55. The maximum absolute atomic E-state index is 5.68. The molecule has 0 bridgehead atoms. The van der Waals surface area contributed by atoms with Crippen LogP contribution in [-0.4, -0.2) is 38.7 Å². The number of methoxy groups -OCH3 is 1. The Hall–Kier alpha value is 0.350. The van der Waals surface area contributed by atoms with E-state index >= 15 is 0 Å². The fourth-order valence-electron chi connectivity index (χ4n) is 0.755. The SMILES string of the molecule is CC[P+](C)(C)C(C)OC(C)OC. The van der Waals surface area contributed by atoms with Gasteiger partial charge in [0, 0.05) is 14.4 Å². The zero-order valence-electron chi connectivity index (χ0n) is 9.13. The summed E-state index contributed by atoms with van der Waals surface area (Å²) in [5.74, 6) is 0.345. The van der Waals surface area contributed by atoms with Gasteiger partial charge in [-0.1, -0.05) is 0 Å². The molecule has 0 saturated carbocycles. The smallest absolute Gasteiger partial charge is 0.166 e. The lowest BCUT2D eigenvalue weighted by Crippen LogP contribution is -2.21. The number of hydrogen-bond acceptors (Lipinski definition) is 2. The lowest BCUT2D eigenvalue weighted by atomic mass is 10.7. The van der Waals surface area contributed by atoms with Crippen molar-refractivity contribution in [3.63, 3.8) is 0 Å². The first kappa shape index (κ1) is 12.3. The molecule has 0 radical (unpaired) electrons. The van der Waals surface area contributed by atoms with Crippen LogP contribution >= 0.6 is 7.26 Å². The highest BCUT2D eigenvalue weighted by atomic mass is 31.2. The molecule has 0 aliphatic carbocycles. The summed E-state index contributed by atoms with van der Waals surface area (Å²) in [6, 6.07) is 0. The molecule has 0 aromatic heterocycles. The van der Waals surface area contributed by atoms with Crippen molar-refractivity contribution in [1.82, 2.24) is 0 Å². The Labute approximate surface area is 77.0 Å². The van der Waals surface area contributed by atoms with E-state index in [2.05, 4.69) is 27.2 Å². The van der Waals surface area contributed by atoms with Gasteiger partial charge in [0.25, 0.3) is 0 Å². The molecule has 0 rings (SSSR count). The third-order valence-electron chi connectivity index (χ3n) is 2.52. The summed E-state index contributed by atoms with van der Waals surface area (Å²) in [5.41, 5.74) is 0. The van der Waals surface area contributed by atoms with Gasteiger partial charge in [0.2, 0.25) is 0 Å². The van der Waals surface area contributed by atoms with E-state index in [1.165, 1.54) is 6.16 Å². The van der Waals surface area contributed by atoms with Crippen molar-refractivity contribution in [3.8, 4) is 0 Å². The molecule has 3 heteroatoms. The topological polar surface area (TPSA) is 18.5 Å². The van der Waals surface area contributed by atoms with E-state index < -0.39 is 7.26 Å². The number of ether oxygens (including phenoxy) is 2. The summed E-state index contributed by atoms with van der Waals surface area (Å²) in [6.07, 6.45) is 1.15. The highest BCUT2D eigenvalue weighted by Gasteiger charge is 2.32. The van der Waals surface area contributed by atoms with Gasteiger partial charge in [0.1, 0.15) is 0 Å². The minimum atomic E-state index is -0.884. The van der Waals surface area contributed by atoms with E-state index in [-0.39, 0.29) is 6.29 Å².